The highest BCUT2D eigenvalue weighted by atomic mass is 16.5. The lowest BCUT2D eigenvalue weighted by atomic mass is 10.0. The van der Waals surface area contributed by atoms with Gasteiger partial charge in [0.2, 0.25) is 5.91 Å². The maximum Gasteiger partial charge on any atom is 0.261 e. The number of unbranched alkanes of at least 4 members (excludes halogenated alkanes) is 3. The molecule has 0 saturated heterocycles. The Labute approximate surface area is 190 Å². The third kappa shape index (κ3) is 5.75. The van der Waals surface area contributed by atoms with Gasteiger partial charge < -0.3 is 15.4 Å². The van der Waals surface area contributed by atoms with Crippen LogP contribution in [0.1, 0.15) is 70.2 Å². The van der Waals surface area contributed by atoms with E-state index in [2.05, 4.69) is 0 Å². The van der Waals surface area contributed by atoms with Gasteiger partial charge in [-0.15, -0.1) is 0 Å². The second kappa shape index (κ2) is 12.1. The van der Waals surface area contributed by atoms with Gasteiger partial charge in [0.05, 0.1) is 30.1 Å². The van der Waals surface area contributed by atoms with Crippen LogP contribution >= 0.6 is 0 Å². The third-order valence-corrected chi connectivity index (χ3v) is 6.59. The van der Waals surface area contributed by atoms with E-state index < -0.39 is 0 Å². The molecule has 1 unspecified atom stereocenters. The number of ether oxygens (including phenoxy) is 1. The summed E-state index contributed by atoms with van der Waals surface area (Å²) in [6.07, 6.45) is 8.19. The third-order valence-electron chi connectivity index (χ3n) is 6.59. The molecule has 1 amide bonds. The fourth-order valence-corrected chi connectivity index (χ4v) is 4.72. The van der Waals surface area contributed by atoms with E-state index in [0.29, 0.717) is 43.0 Å². The van der Waals surface area contributed by atoms with E-state index in [9.17, 15) is 9.59 Å². The zero-order valence-electron chi connectivity index (χ0n) is 19.6. The number of rotatable bonds is 12. The van der Waals surface area contributed by atoms with Crippen LogP contribution in [0.5, 0.6) is 0 Å². The number of fused-ring (bicyclic) bond motifs is 1. The number of nitrogens with two attached hydrogens (primary N) is 1. The van der Waals surface area contributed by atoms with E-state index in [1.165, 1.54) is 0 Å². The standard InChI is InChI=1S/C25H38N4O3/c1-19(28(16-10-4-3-9-15-26)24(30)20-11-5-6-12-20)23-27-22-14-8-7-13-21(22)25(31)29(23)17-18-32-2/h7-8,13-14,19-20H,3-6,9-12,15-18,26H2,1-2H3. The molecule has 1 saturated carbocycles. The van der Waals surface area contributed by atoms with Crippen molar-refractivity contribution in [1.29, 1.82) is 0 Å². The molecule has 1 fully saturated rings. The van der Waals surface area contributed by atoms with Crippen LogP contribution < -0.4 is 11.3 Å². The molecule has 0 bridgehead atoms. The maximum absolute atomic E-state index is 13.5. The molecular weight excluding hydrogens is 404 g/mol. The van der Waals surface area contributed by atoms with E-state index >= 15 is 0 Å². The topological polar surface area (TPSA) is 90.4 Å². The van der Waals surface area contributed by atoms with E-state index in [1.807, 2.05) is 30.0 Å². The van der Waals surface area contributed by atoms with Gasteiger partial charge in [-0.2, -0.15) is 0 Å². The molecule has 0 aliphatic heterocycles. The molecule has 176 valence electrons. The molecule has 32 heavy (non-hydrogen) atoms. The Morgan fingerprint density at radius 3 is 2.66 bits per heavy atom. The number of benzene rings is 1. The van der Waals surface area contributed by atoms with Crippen molar-refractivity contribution in [2.75, 3.05) is 26.8 Å². The average Bonchev–Trinajstić information content (AvgIpc) is 3.35. The highest BCUT2D eigenvalue weighted by molar-refractivity contribution is 5.80. The molecule has 1 heterocycles. The quantitative estimate of drug-likeness (QED) is 0.507. The molecule has 1 aromatic carbocycles. The first-order valence-corrected chi connectivity index (χ1v) is 12.1. The summed E-state index contributed by atoms with van der Waals surface area (Å²) in [5.41, 5.74) is 6.22. The Hall–Kier alpha value is -2.25. The predicted octanol–water partition coefficient (Wildman–Crippen LogP) is 3.64. The minimum absolute atomic E-state index is 0.0780. The van der Waals surface area contributed by atoms with Crippen molar-refractivity contribution in [3.8, 4) is 0 Å². The minimum Gasteiger partial charge on any atom is -0.383 e. The summed E-state index contributed by atoms with van der Waals surface area (Å²) in [5.74, 6) is 0.926. The van der Waals surface area contributed by atoms with Gasteiger partial charge in [-0.1, -0.05) is 37.8 Å². The van der Waals surface area contributed by atoms with Gasteiger partial charge in [0.15, 0.2) is 0 Å². The summed E-state index contributed by atoms with van der Waals surface area (Å²) >= 11 is 0. The van der Waals surface area contributed by atoms with Crippen LogP contribution in [-0.2, 0) is 16.1 Å². The lowest BCUT2D eigenvalue weighted by Crippen LogP contribution is -2.41. The molecule has 1 aliphatic carbocycles. The molecule has 0 spiro atoms. The maximum atomic E-state index is 13.5. The first-order chi connectivity index (χ1) is 15.6. The summed E-state index contributed by atoms with van der Waals surface area (Å²) in [4.78, 5) is 33.7. The van der Waals surface area contributed by atoms with E-state index in [0.717, 1.165) is 51.4 Å². The van der Waals surface area contributed by atoms with Gasteiger partial charge in [0.1, 0.15) is 5.82 Å². The molecule has 7 heteroatoms. The molecule has 0 radical (unpaired) electrons. The van der Waals surface area contributed by atoms with E-state index in [4.69, 9.17) is 15.5 Å². The van der Waals surface area contributed by atoms with Gasteiger partial charge in [-0.25, -0.2) is 4.98 Å². The number of carbonyl (C=O) groups excluding carboxylic acids is 1. The van der Waals surface area contributed by atoms with E-state index in [-0.39, 0.29) is 23.4 Å². The van der Waals surface area contributed by atoms with Gasteiger partial charge >= 0.3 is 0 Å². The van der Waals surface area contributed by atoms with Crippen LogP contribution in [-0.4, -0.2) is 47.2 Å². The normalized spacial score (nSPS) is 15.3. The van der Waals surface area contributed by atoms with Crippen molar-refractivity contribution in [3.63, 3.8) is 0 Å². The zero-order chi connectivity index (χ0) is 22.9. The van der Waals surface area contributed by atoms with Crippen molar-refractivity contribution in [2.45, 2.75) is 70.9 Å². The fourth-order valence-electron chi connectivity index (χ4n) is 4.72. The van der Waals surface area contributed by atoms with Gasteiger partial charge in [-0.3, -0.25) is 14.2 Å². The minimum atomic E-state index is -0.285. The van der Waals surface area contributed by atoms with Crippen LogP contribution in [0.4, 0.5) is 0 Å². The van der Waals surface area contributed by atoms with Crippen molar-refractivity contribution in [1.82, 2.24) is 14.5 Å². The van der Waals surface area contributed by atoms with Crippen LogP contribution in [0.3, 0.4) is 0 Å². The van der Waals surface area contributed by atoms with E-state index in [1.54, 1.807) is 17.7 Å². The Morgan fingerprint density at radius 2 is 1.94 bits per heavy atom. The number of hydrogen-bond acceptors (Lipinski definition) is 5. The van der Waals surface area contributed by atoms with Crippen LogP contribution in [0, 0.1) is 5.92 Å². The van der Waals surface area contributed by atoms with Crippen LogP contribution in [0.2, 0.25) is 0 Å². The van der Waals surface area contributed by atoms with Gasteiger partial charge in [0.25, 0.3) is 5.56 Å². The monoisotopic (exact) mass is 442 g/mol. The number of carbonyl (C=O) groups is 1. The molecule has 2 N–H and O–H groups in total. The van der Waals surface area contributed by atoms with Crippen molar-refractivity contribution in [3.05, 3.63) is 40.4 Å². The second-order valence-electron chi connectivity index (χ2n) is 8.83. The molecule has 1 atom stereocenters. The number of aromatic nitrogens is 2. The Morgan fingerprint density at radius 1 is 1.22 bits per heavy atom. The lowest BCUT2D eigenvalue weighted by Gasteiger charge is -2.32. The predicted molar refractivity (Wildman–Crippen MR) is 127 cm³/mol. The summed E-state index contributed by atoms with van der Waals surface area (Å²) in [5, 5.41) is 0.593. The second-order valence-corrected chi connectivity index (χ2v) is 8.83. The smallest absolute Gasteiger partial charge is 0.261 e. The zero-order valence-corrected chi connectivity index (χ0v) is 19.6. The van der Waals surface area contributed by atoms with Gasteiger partial charge in [0, 0.05) is 19.6 Å². The highest BCUT2D eigenvalue weighted by Crippen LogP contribution is 2.30. The number of methoxy groups -OCH3 is 1. The Balaban J connectivity index is 1.94. The molecule has 2 aromatic rings. The van der Waals surface area contributed by atoms with Gasteiger partial charge in [-0.05, 0) is 51.3 Å². The Kier molecular flexibility index (Phi) is 9.23. The first kappa shape index (κ1) is 24.4. The largest absolute Gasteiger partial charge is 0.383 e. The summed E-state index contributed by atoms with van der Waals surface area (Å²) in [6, 6.07) is 7.13. The van der Waals surface area contributed by atoms with Crippen molar-refractivity contribution in [2.24, 2.45) is 11.7 Å². The summed E-state index contributed by atoms with van der Waals surface area (Å²) in [6.45, 7) is 4.21. The molecule has 1 aliphatic rings. The van der Waals surface area contributed by atoms with Crippen LogP contribution in [0.25, 0.3) is 10.9 Å². The molecule has 3 rings (SSSR count). The summed E-state index contributed by atoms with van der Waals surface area (Å²) in [7, 11) is 1.62. The van der Waals surface area contributed by atoms with Crippen molar-refractivity contribution >= 4 is 16.8 Å². The number of hydrogen-bond donors (Lipinski definition) is 1. The highest BCUT2D eigenvalue weighted by Gasteiger charge is 2.32. The SMILES string of the molecule is COCCn1c(C(C)N(CCCCCCN)C(=O)C2CCCC2)nc2ccccc2c1=O. The molecular formula is C25H38N4O3. The first-order valence-electron chi connectivity index (χ1n) is 12.1. The number of para-hydroxylation sites is 1. The number of amides is 1. The molecule has 7 nitrogen and oxygen atoms in total. The van der Waals surface area contributed by atoms with Crippen molar-refractivity contribution < 1.29 is 9.53 Å². The van der Waals surface area contributed by atoms with Crippen LogP contribution in [0.15, 0.2) is 29.1 Å². The fraction of sp³-hybridized carbons (Fsp3) is 0.640. The summed E-state index contributed by atoms with van der Waals surface area (Å²) < 4.78 is 6.96. The Bertz CT molecular complexity index is 936. The number of nitrogens with zero attached hydrogens (tertiary/aromatic N) is 3. The average molecular weight is 443 g/mol. The lowest BCUT2D eigenvalue weighted by molar-refractivity contribution is -0.138. The molecule has 1 aromatic heterocycles.